The van der Waals surface area contributed by atoms with Gasteiger partial charge in [-0.15, -0.1) is 0 Å². The molecule has 1 nitrogen and oxygen atoms in total. The molecule has 0 heterocycles. The van der Waals surface area contributed by atoms with Crippen molar-refractivity contribution >= 4 is 17.5 Å². The highest BCUT2D eigenvalue weighted by Crippen LogP contribution is 2.30. The van der Waals surface area contributed by atoms with E-state index in [2.05, 4.69) is 131 Å². The van der Waals surface area contributed by atoms with Crippen LogP contribution in [0.25, 0.3) is 28.3 Å². The third kappa shape index (κ3) is 6.49. The van der Waals surface area contributed by atoms with Crippen LogP contribution in [0.5, 0.6) is 0 Å². The Labute approximate surface area is 217 Å². The lowest BCUT2D eigenvalue weighted by atomic mass is 9.95. The van der Waals surface area contributed by atoms with Crippen molar-refractivity contribution in [1.82, 2.24) is 0 Å². The topological polar surface area (TPSA) is 12.4 Å². The van der Waals surface area contributed by atoms with Gasteiger partial charge in [0.2, 0.25) is 0 Å². The first-order valence-corrected chi connectivity index (χ1v) is 13.2. The number of benzene rings is 4. The average molecular weight is 472 g/mol. The molecule has 4 aromatic rings. The van der Waals surface area contributed by atoms with Gasteiger partial charge in [0.05, 0.1) is 5.69 Å². The molecule has 0 spiro atoms. The molecule has 4 rings (SSSR count). The Hall–Kier alpha value is -3.71. The maximum atomic E-state index is 5.13. The van der Waals surface area contributed by atoms with E-state index in [0.29, 0.717) is 0 Å². The van der Waals surface area contributed by atoms with Gasteiger partial charge in [0.15, 0.2) is 0 Å². The molecule has 0 bridgehead atoms. The van der Waals surface area contributed by atoms with Crippen molar-refractivity contribution in [2.24, 2.45) is 4.99 Å². The van der Waals surface area contributed by atoms with Gasteiger partial charge in [-0.2, -0.15) is 0 Å². The molecule has 182 valence electrons. The van der Waals surface area contributed by atoms with E-state index < -0.39 is 0 Å². The van der Waals surface area contributed by atoms with Crippen molar-refractivity contribution < 1.29 is 0 Å². The summed E-state index contributed by atoms with van der Waals surface area (Å²) in [6.07, 6.45) is 6.61. The summed E-state index contributed by atoms with van der Waals surface area (Å²) in [4.78, 5) is 5.13. The number of aryl methyl sites for hydroxylation is 2. The molecule has 0 aliphatic rings. The maximum absolute atomic E-state index is 5.13. The van der Waals surface area contributed by atoms with Gasteiger partial charge >= 0.3 is 0 Å². The lowest BCUT2D eigenvalue weighted by Gasteiger charge is -2.12. The minimum absolute atomic E-state index is 0.893. The Kier molecular flexibility index (Phi) is 8.68. The quantitative estimate of drug-likeness (QED) is 0.215. The van der Waals surface area contributed by atoms with Crippen LogP contribution in [0.3, 0.4) is 0 Å². The van der Waals surface area contributed by atoms with Gasteiger partial charge < -0.3 is 0 Å². The normalized spacial score (nSPS) is 12.1. The lowest BCUT2D eigenvalue weighted by Crippen LogP contribution is -1.98. The van der Waals surface area contributed by atoms with Crippen LogP contribution in [0, 0.1) is 6.92 Å². The number of rotatable bonds is 9. The second-order valence-corrected chi connectivity index (χ2v) is 9.55. The standard InChI is InChI=1S/C35H37N/c1-5-7-14-31-25-33(19-20-34(31)30-17-12-9-13-18-30)36-35(6-2)27(4)23-28-21-26(3)22-32(24-28)29-15-10-8-11-16-29/h8-13,15-25H,5-7,14H2,1-4H3. The number of unbranched alkanes of at least 4 members (excludes halogenated alkanes) is 1. The smallest absolute Gasteiger partial charge is 0.0636 e. The molecule has 0 N–H and O–H groups in total. The fourth-order valence-corrected chi connectivity index (χ4v) is 4.75. The Morgan fingerprint density at radius 2 is 1.44 bits per heavy atom. The molecule has 0 radical (unpaired) electrons. The molecule has 1 heteroatoms. The van der Waals surface area contributed by atoms with Crippen LogP contribution in [-0.2, 0) is 6.42 Å². The van der Waals surface area contributed by atoms with Gasteiger partial charge in [-0.3, -0.25) is 4.99 Å². The fraction of sp³-hybridized carbons (Fsp3) is 0.229. The first-order chi connectivity index (χ1) is 17.6. The van der Waals surface area contributed by atoms with E-state index >= 15 is 0 Å². The lowest BCUT2D eigenvalue weighted by molar-refractivity contribution is 0.796. The van der Waals surface area contributed by atoms with Crippen LogP contribution in [0.1, 0.15) is 56.7 Å². The van der Waals surface area contributed by atoms with Crippen LogP contribution >= 0.6 is 0 Å². The summed E-state index contributed by atoms with van der Waals surface area (Å²) in [5.74, 6) is 0. The molecule has 0 aromatic heterocycles. The summed E-state index contributed by atoms with van der Waals surface area (Å²) in [6, 6.07) is 34.8. The van der Waals surface area contributed by atoms with Crippen molar-refractivity contribution in [3.05, 3.63) is 119 Å². The maximum Gasteiger partial charge on any atom is 0.0636 e. The zero-order chi connectivity index (χ0) is 25.3. The molecule has 0 saturated carbocycles. The Balaban J connectivity index is 1.67. The molecular weight excluding hydrogens is 434 g/mol. The Bertz CT molecular complexity index is 1340. The Morgan fingerprint density at radius 3 is 2.11 bits per heavy atom. The largest absolute Gasteiger partial charge is 0.253 e. The van der Waals surface area contributed by atoms with E-state index in [0.717, 1.165) is 24.2 Å². The molecule has 0 saturated heterocycles. The van der Waals surface area contributed by atoms with Crippen LogP contribution in [-0.4, -0.2) is 5.71 Å². The molecule has 0 amide bonds. The minimum atomic E-state index is 0.893. The molecule has 0 aliphatic carbocycles. The first kappa shape index (κ1) is 25.4. The number of aliphatic imine (C=N–C) groups is 1. The van der Waals surface area contributed by atoms with E-state index in [1.165, 1.54) is 57.4 Å². The van der Waals surface area contributed by atoms with E-state index in [-0.39, 0.29) is 0 Å². The summed E-state index contributed by atoms with van der Waals surface area (Å²) in [5.41, 5.74) is 12.3. The van der Waals surface area contributed by atoms with Crippen molar-refractivity contribution in [1.29, 1.82) is 0 Å². The molecule has 0 unspecified atom stereocenters. The number of nitrogens with zero attached hydrogens (tertiary/aromatic N) is 1. The first-order valence-electron chi connectivity index (χ1n) is 13.2. The molecule has 4 aromatic carbocycles. The van der Waals surface area contributed by atoms with Crippen molar-refractivity contribution in [3.63, 3.8) is 0 Å². The number of allylic oxidation sites excluding steroid dienone is 1. The van der Waals surface area contributed by atoms with Gasteiger partial charge in [0.1, 0.15) is 0 Å². The van der Waals surface area contributed by atoms with Gasteiger partial charge in [0.25, 0.3) is 0 Å². The van der Waals surface area contributed by atoms with Gasteiger partial charge in [0, 0.05) is 5.71 Å². The van der Waals surface area contributed by atoms with Crippen LogP contribution in [0.15, 0.2) is 108 Å². The van der Waals surface area contributed by atoms with E-state index in [1.807, 2.05) is 0 Å². The predicted octanol–water partition coefficient (Wildman–Crippen LogP) is 10.3. The molecule has 36 heavy (non-hydrogen) atoms. The SMILES string of the molecule is CCCCc1cc(N=C(CC)C(C)=Cc2cc(C)cc(-c3ccccc3)c2)ccc1-c1ccccc1. The Morgan fingerprint density at radius 1 is 0.750 bits per heavy atom. The second-order valence-electron chi connectivity index (χ2n) is 9.55. The summed E-state index contributed by atoms with van der Waals surface area (Å²) >= 11 is 0. The highest BCUT2D eigenvalue weighted by molar-refractivity contribution is 6.04. The third-order valence-corrected chi connectivity index (χ3v) is 6.62. The van der Waals surface area contributed by atoms with Crippen molar-refractivity contribution in [3.8, 4) is 22.3 Å². The number of hydrogen-bond acceptors (Lipinski definition) is 1. The predicted molar refractivity (Wildman–Crippen MR) is 158 cm³/mol. The van der Waals surface area contributed by atoms with E-state index in [9.17, 15) is 0 Å². The summed E-state index contributed by atoms with van der Waals surface area (Å²) in [6.45, 7) is 8.80. The van der Waals surface area contributed by atoms with Crippen molar-refractivity contribution in [2.45, 2.75) is 53.4 Å². The van der Waals surface area contributed by atoms with Crippen LogP contribution in [0.4, 0.5) is 5.69 Å². The minimum Gasteiger partial charge on any atom is -0.253 e. The summed E-state index contributed by atoms with van der Waals surface area (Å²) in [5, 5.41) is 0. The summed E-state index contributed by atoms with van der Waals surface area (Å²) in [7, 11) is 0. The highest BCUT2D eigenvalue weighted by Gasteiger charge is 2.08. The third-order valence-electron chi connectivity index (χ3n) is 6.62. The monoisotopic (exact) mass is 471 g/mol. The molecular formula is C35H37N. The van der Waals surface area contributed by atoms with Gasteiger partial charge in [-0.25, -0.2) is 0 Å². The molecule has 0 atom stereocenters. The number of hydrogen-bond donors (Lipinski definition) is 0. The van der Waals surface area contributed by atoms with Gasteiger partial charge in [-0.05, 0) is 95.8 Å². The van der Waals surface area contributed by atoms with Crippen molar-refractivity contribution in [2.75, 3.05) is 0 Å². The fourth-order valence-electron chi connectivity index (χ4n) is 4.75. The van der Waals surface area contributed by atoms with Crippen LogP contribution < -0.4 is 0 Å². The van der Waals surface area contributed by atoms with E-state index in [1.54, 1.807) is 0 Å². The second kappa shape index (κ2) is 12.3. The zero-order valence-electron chi connectivity index (χ0n) is 22.1. The molecule has 0 fully saturated rings. The zero-order valence-corrected chi connectivity index (χ0v) is 22.1. The van der Waals surface area contributed by atoms with Crippen LogP contribution in [0.2, 0.25) is 0 Å². The average Bonchev–Trinajstić information content (AvgIpc) is 2.91. The van der Waals surface area contributed by atoms with E-state index in [4.69, 9.17) is 4.99 Å². The molecule has 0 aliphatic heterocycles. The summed E-state index contributed by atoms with van der Waals surface area (Å²) < 4.78 is 0. The van der Waals surface area contributed by atoms with Gasteiger partial charge in [-0.1, -0.05) is 105 Å². The highest BCUT2D eigenvalue weighted by atomic mass is 14.7.